The average Bonchev–Trinajstić information content (AvgIpc) is 2.90. The molecule has 1 unspecified atom stereocenters. The normalized spacial score (nSPS) is 20.1. The molecular weight excluding hydrogens is 230 g/mol. The smallest absolute Gasteiger partial charge is 0.223 e. The summed E-state index contributed by atoms with van der Waals surface area (Å²) in [6, 6.07) is 2.18. The van der Waals surface area contributed by atoms with Crippen LogP contribution in [0.2, 0.25) is 0 Å². The topological polar surface area (TPSA) is 57.4 Å². The second-order valence-electron chi connectivity index (χ2n) is 4.59. The number of aromatic nitrogens is 1. The number of nitrogens with one attached hydrogen (secondary N) is 2. The summed E-state index contributed by atoms with van der Waals surface area (Å²) in [4.78, 5) is 17.2. The summed E-state index contributed by atoms with van der Waals surface area (Å²) < 4.78 is 5.43. The summed E-state index contributed by atoms with van der Waals surface area (Å²) in [6.45, 7) is 2.78. The molecule has 1 saturated heterocycles. The third-order valence-corrected chi connectivity index (χ3v) is 3.28. The second-order valence-corrected chi connectivity index (χ2v) is 4.59. The molecule has 0 aromatic carbocycles. The van der Waals surface area contributed by atoms with Gasteiger partial charge in [0, 0.05) is 31.9 Å². The minimum Gasteiger partial charge on any atom is -0.377 e. The van der Waals surface area contributed by atoms with E-state index >= 15 is 0 Å². The van der Waals surface area contributed by atoms with Crippen LogP contribution in [0.15, 0.2) is 18.5 Å². The van der Waals surface area contributed by atoms with Crippen LogP contribution in [0.3, 0.4) is 0 Å². The van der Waals surface area contributed by atoms with Crippen LogP contribution in [0.5, 0.6) is 0 Å². The van der Waals surface area contributed by atoms with Gasteiger partial charge in [-0.15, -0.1) is 0 Å². The lowest BCUT2D eigenvalue weighted by Gasteiger charge is -2.35. The van der Waals surface area contributed by atoms with Crippen molar-refractivity contribution in [1.82, 2.24) is 15.2 Å². The van der Waals surface area contributed by atoms with Crippen LogP contribution in [0.4, 0.5) is 0 Å². The fourth-order valence-electron chi connectivity index (χ4n) is 2.30. The Morgan fingerprint density at radius 3 is 3.28 bits per heavy atom. The fraction of sp³-hybridized carbons (Fsp3) is 0.615. The number of amides is 1. The number of hydrogen-bond acceptors (Lipinski definition) is 3. The highest BCUT2D eigenvalue weighted by molar-refractivity contribution is 5.77. The van der Waals surface area contributed by atoms with Crippen molar-refractivity contribution in [2.45, 2.75) is 18.9 Å². The quantitative estimate of drug-likeness (QED) is 0.796. The van der Waals surface area contributed by atoms with Crippen LogP contribution >= 0.6 is 0 Å². The summed E-state index contributed by atoms with van der Waals surface area (Å²) >= 11 is 0. The second kappa shape index (κ2) is 6.56. The van der Waals surface area contributed by atoms with Crippen molar-refractivity contribution in [3.8, 4) is 0 Å². The lowest BCUT2D eigenvalue weighted by atomic mass is 10.1. The highest BCUT2D eigenvalue weighted by atomic mass is 16.5. The highest BCUT2D eigenvalue weighted by Crippen LogP contribution is 2.10. The highest BCUT2D eigenvalue weighted by Gasteiger charge is 2.26. The van der Waals surface area contributed by atoms with Gasteiger partial charge < -0.3 is 19.9 Å². The van der Waals surface area contributed by atoms with Crippen LogP contribution < -0.4 is 5.32 Å². The Bertz CT molecular complexity index is 362. The molecule has 0 aliphatic carbocycles. The van der Waals surface area contributed by atoms with Crippen LogP contribution in [0, 0.1) is 0 Å². The van der Waals surface area contributed by atoms with E-state index in [9.17, 15) is 4.79 Å². The summed E-state index contributed by atoms with van der Waals surface area (Å²) in [5, 5.41) is 3.11. The SMILES string of the molecule is CNCC1COCCN1C(=O)CCc1cc[nH]c1. The molecule has 0 radical (unpaired) electrons. The number of ether oxygens (including phenoxy) is 1. The zero-order valence-corrected chi connectivity index (χ0v) is 10.8. The van der Waals surface area contributed by atoms with Gasteiger partial charge in [0.15, 0.2) is 0 Å². The third kappa shape index (κ3) is 3.34. The van der Waals surface area contributed by atoms with Gasteiger partial charge in [0.05, 0.1) is 19.3 Å². The summed E-state index contributed by atoms with van der Waals surface area (Å²) in [5.74, 6) is 0.222. The lowest BCUT2D eigenvalue weighted by Crippen LogP contribution is -2.52. The van der Waals surface area contributed by atoms with Crippen molar-refractivity contribution in [3.63, 3.8) is 0 Å². The van der Waals surface area contributed by atoms with E-state index in [2.05, 4.69) is 10.3 Å². The molecule has 1 aromatic heterocycles. The fourth-order valence-corrected chi connectivity index (χ4v) is 2.30. The van der Waals surface area contributed by atoms with E-state index in [0.29, 0.717) is 26.2 Å². The third-order valence-electron chi connectivity index (χ3n) is 3.28. The van der Waals surface area contributed by atoms with Gasteiger partial charge in [-0.2, -0.15) is 0 Å². The number of rotatable bonds is 5. The van der Waals surface area contributed by atoms with Crippen molar-refractivity contribution in [2.24, 2.45) is 0 Å². The standard InChI is InChI=1S/C13H21N3O2/c1-14-9-12-10-18-7-6-16(12)13(17)3-2-11-4-5-15-8-11/h4-5,8,12,14-15H,2-3,6-7,9-10H2,1H3. The number of H-pyrrole nitrogens is 1. The largest absolute Gasteiger partial charge is 0.377 e. The first-order valence-electron chi connectivity index (χ1n) is 6.44. The van der Waals surface area contributed by atoms with Gasteiger partial charge in [-0.3, -0.25) is 4.79 Å². The molecule has 5 heteroatoms. The summed E-state index contributed by atoms with van der Waals surface area (Å²) in [7, 11) is 1.90. The Balaban J connectivity index is 1.85. The van der Waals surface area contributed by atoms with Crippen LogP contribution in [0.25, 0.3) is 0 Å². The molecule has 2 rings (SSSR count). The maximum Gasteiger partial charge on any atom is 0.223 e. The predicted molar refractivity (Wildman–Crippen MR) is 69.4 cm³/mol. The number of likely N-dealkylation sites (N-methyl/N-ethyl adjacent to an activating group) is 1. The van der Waals surface area contributed by atoms with Gasteiger partial charge in [-0.1, -0.05) is 0 Å². The minimum absolute atomic E-state index is 0.169. The molecule has 100 valence electrons. The molecule has 1 fully saturated rings. The number of aryl methyl sites for hydroxylation is 1. The maximum atomic E-state index is 12.2. The van der Waals surface area contributed by atoms with E-state index in [0.717, 1.165) is 13.0 Å². The lowest BCUT2D eigenvalue weighted by molar-refractivity contribution is -0.139. The Morgan fingerprint density at radius 1 is 1.67 bits per heavy atom. The first kappa shape index (κ1) is 13.1. The molecule has 2 N–H and O–H groups in total. The van der Waals surface area contributed by atoms with Crippen molar-refractivity contribution >= 4 is 5.91 Å². The average molecular weight is 251 g/mol. The van der Waals surface area contributed by atoms with Gasteiger partial charge in [0.2, 0.25) is 5.91 Å². The van der Waals surface area contributed by atoms with Crippen LogP contribution in [0.1, 0.15) is 12.0 Å². The van der Waals surface area contributed by atoms with Gasteiger partial charge >= 0.3 is 0 Å². The van der Waals surface area contributed by atoms with Crippen LogP contribution in [-0.4, -0.2) is 55.2 Å². The van der Waals surface area contributed by atoms with Gasteiger partial charge in [0.1, 0.15) is 0 Å². The number of aromatic amines is 1. The molecule has 1 amide bonds. The molecule has 1 aromatic rings. The molecule has 5 nitrogen and oxygen atoms in total. The molecular formula is C13H21N3O2. The minimum atomic E-state index is 0.169. The number of nitrogens with zero attached hydrogens (tertiary/aromatic N) is 1. The van der Waals surface area contributed by atoms with Crippen molar-refractivity contribution in [3.05, 3.63) is 24.0 Å². The zero-order valence-electron chi connectivity index (χ0n) is 10.8. The van der Waals surface area contributed by atoms with Crippen LogP contribution in [-0.2, 0) is 16.0 Å². The van der Waals surface area contributed by atoms with E-state index in [1.54, 1.807) is 0 Å². The van der Waals surface area contributed by atoms with E-state index in [-0.39, 0.29) is 11.9 Å². The van der Waals surface area contributed by atoms with E-state index < -0.39 is 0 Å². The Hall–Kier alpha value is -1.33. The summed E-state index contributed by atoms with van der Waals surface area (Å²) in [6.07, 6.45) is 5.19. The Labute approximate surface area is 108 Å². The number of carbonyl (C=O) groups is 1. The molecule has 0 spiro atoms. The van der Waals surface area contributed by atoms with Crippen molar-refractivity contribution in [1.29, 1.82) is 0 Å². The molecule has 1 atom stereocenters. The van der Waals surface area contributed by atoms with Crippen molar-refractivity contribution < 1.29 is 9.53 Å². The monoisotopic (exact) mass is 251 g/mol. The first-order chi connectivity index (χ1) is 8.81. The number of carbonyl (C=O) groups excluding carboxylic acids is 1. The summed E-state index contributed by atoms with van der Waals surface area (Å²) in [5.41, 5.74) is 1.18. The molecule has 2 heterocycles. The molecule has 0 saturated carbocycles. The van der Waals surface area contributed by atoms with E-state index in [4.69, 9.17) is 4.74 Å². The molecule has 0 bridgehead atoms. The Kier molecular flexibility index (Phi) is 4.78. The zero-order chi connectivity index (χ0) is 12.8. The van der Waals surface area contributed by atoms with E-state index in [1.807, 2.05) is 30.4 Å². The van der Waals surface area contributed by atoms with Gasteiger partial charge in [-0.25, -0.2) is 0 Å². The molecule has 1 aliphatic rings. The molecule has 18 heavy (non-hydrogen) atoms. The molecule has 1 aliphatic heterocycles. The van der Waals surface area contributed by atoms with Gasteiger partial charge in [-0.05, 0) is 25.1 Å². The Morgan fingerprint density at radius 2 is 2.56 bits per heavy atom. The number of hydrogen-bond donors (Lipinski definition) is 2. The predicted octanol–water partition coefficient (Wildman–Crippen LogP) is 0.394. The number of morpholine rings is 1. The first-order valence-corrected chi connectivity index (χ1v) is 6.44. The van der Waals surface area contributed by atoms with Gasteiger partial charge in [0.25, 0.3) is 0 Å². The maximum absolute atomic E-state index is 12.2. The van der Waals surface area contributed by atoms with Crippen molar-refractivity contribution in [2.75, 3.05) is 33.4 Å². The van der Waals surface area contributed by atoms with E-state index in [1.165, 1.54) is 5.56 Å².